The van der Waals surface area contributed by atoms with Gasteiger partial charge in [-0.25, -0.2) is 9.37 Å². The Morgan fingerprint density at radius 1 is 1.57 bits per heavy atom. The Morgan fingerprint density at radius 3 is 3.10 bits per heavy atom. The molecular weight excluding hydrogens is 289 g/mol. The Labute approximate surface area is 129 Å². The number of likely N-dealkylation sites (N-methyl/N-ethyl adjacent to an activating group) is 1. The van der Waals surface area contributed by atoms with Crippen LogP contribution in [-0.2, 0) is 11.3 Å². The second-order valence-corrected chi connectivity index (χ2v) is 7.29. The summed E-state index contributed by atoms with van der Waals surface area (Å²) in [6, 6.07) is 0.777. The number of hydrogen-bond donors (Lipinski definition) is 0. The largest absolute Gasteiger partial charge is 0.380 e. The third-order valence-corrected chi connectivity index (χ3v) is 5.36. The van der Waals surface area contributed by atoms with Gasteiger partial charge >= 0.3 is 0 Å². The molecule has 0 radical (unpaired) electrons. The quantitative estimate of drug-likeness (QED) is 0.832. The van der Waals surface area contributed by atoms with Crippen LogP contribution in [0, 0.1) is 6.92 Å². The molecule has 118 valence electrons. The number of alkyl halides is 1. The van der Waals surface area contributed by atoms with Crippen molar-refractivity contribution >= 4 is 11.3 Å². The molecule has 1 aromatic rings. The predicted octanol–water partition coefficient (Wildman–Crippen LogP) is 2.08. The highest BCUT2D eigenvalue weighted by molar-refractivity contribution is 7.09. The second kappa shape index (κ2) is 6.69. The molecule has 2 fully saturated rings. The van der Waals surface area contributed by atoms with E-state index in [4.69, 9.17) is 4.74 Å². The van der Waals surface area contributed by atoms with Crippen molar-refractivity contribution in [3.63, 3.8) is 0 Å². The molecule has 6 heteroatoms. The predicted molar refractivity (Wildman–Crippen MR) is 82.4 cm³/mol. The summed E-state index contributed by atoms with van der Waals surface area (Å²) in [5.41, 5.74) is 1.07. The summed E-state index contributed by atoms with van der Waals surface area (Å²) in [6.07, 6.45) is 1.03. The van der Waals surface area contributed by atoms with E-state index in [2.05, 4.69) is 27.2 Å². The van der Waals surface area contributed by atoms with E-state index in [-0.39, 0.29) is 6.04 Å². The van der Waals surface area contributed by atoms with Crippen molar-refractivity contribution in [2.24, 2.45) is 0 Å². The lowest BCUT2D eigenvalue weighted by molar-refractivity contribution is 0.130. The number of halogens is 1. The fourth-order valence-electron chi connectivity index (χ4n) is 3.35. The van der Waals surface area contributed by atoms with Gasteiger partial charge in [-0.05, 0) is 26.8 Å². The van der Waals surface area contributed by atoms with Gasteiger partial charge in [0.1, 0.15) is 6.17 Å². The van der Waals surface area contributed by atoms with Gasteiger partial charge in [0.05, 0.1) is 17.3 Å². The van der Waals surface area contributed by atoms with E-state index in [0.29, 0.717) is 19.0 Å². The Balaban J connectivity index is 1.59. The van der Waals surface area contributed by atoms with Crippen LogP contribution < -0.4 is 0 Å². The molecule has 2 saturated heterocycles. The highest BCUT2D eigenvalue weighted by atomic mass is 32.1. The van der Waals surface area contributed by atoms with Crippen LogP contribution in [0.1, 0.15) is 23.5 Å². The van der Waals surface area contributed by atoms with Crippen LogP contribution in [0.25, 0.3) is 0 Å². The first kappa shape index (κ1) is 15.3. The third kappa shape index (κ3) is 3.80. The van der Waals surface area contributed by atoms with Crippen molar-refractivity contribution in [1.29, 1.82) is 0 Å². The summed E-state index contributed by atoms with van der Waals surface area (Å²) in [5, 5.41) is 3.17. The number of rotatable bonds is 5. The van der Waals surface area contributed by atoms with Crippen molar-refractivity contribution in [3.8, 4) is 0 Å². The van der Waals surface area contributed by atoms with Crippen LogP contribution in [-0.4, -0.2) is 66.4 Å². The first-order chi connectivity index (χ1) is 10.1. The minimum atomic E-state index is -0.706. The number of nitrogens with zero attached hydrogens (tertiary/aromatic N) is 3. The Kier molecular flexibility index (Phi) is 4.88. The van der Waals surface area contributed by atoms with E-state index in [1.165, 1.54) is 0 Å². The molecule has 3 atom stereocenters. The molecule has 1 aromatic heterocycles. The van der Waals surface area contributed by atoms with E-state index in [0.717, 1.165) is 43.4 Å². The molecule has 0 saturated carbocycles. The zero-order valence-corrected chi connectivity index (χ0v) is 13.6. The molecule has 3 rings (SSSR count). The van der Waals surface area contributed by atoms with Crippen LogP contribution in [0.3, 0.4) is 0 Å². The number of hydrogen-bond acceptors (Lipinski definition) is 5. The lowest BCUT2D eigenvalue weighted by Gasteiger charge is -2.30. The number of aromatic nitrogens is 1. The molecule has 21 heavy (non-hydrogen) atoms. The molecule has 0 spiro atoms. The van der Waals surface area contributed by atoms with Gasteiger partial charge in [-0.3, -0.25) is 9.80 Å². The van der Waals surface area contributed by atoms with Gasteiger partial charge < -0.3 is 4.74 Å². The van der Waals surface area contributed by atoms with E-state index in [9.17, 15) is 4.39 Å². The first-order valence-corrected chi connectivity index (χ1v) is 8.57. The average Bonchev–Trinajstić information content (AvgIpc) is 3.13. The summed E-state index contributed by atoms with van der Waals surface area (Å²) in [6.45, 7) is 5.90. The van der Waals surface area contributed by atoms with Crippen molar-refractivity contribution < 1.29 is 9.13 Å². The minimum Gasteiger partial charge on any atom is -0.380 e. The molecule has 0 amide bonds. The average molecular weight is 313 g/mol. The summed E-state index contributed by atoms with van der Waals surface area (Å²) >= 11 is 1.67. The maximum absolute atomic E-state index is 13.9. The molecule has 4 nitrogen and oxygen atoms in total. The lowest BCUT2D eigenvalue weighted by atomic mass is 10.1. The molecule has 0 aromatic carbocycles. The zero-order chi connectivity index (χ0) is 14.8. The number of thiazole rings is 1. The van der Waals surface area contributed by atoms with Gasteiger partial charge in [0, 0.05) is 43.7 Å². The summed E-state index contributed by atoms with van der Waals surface area (Å²) in [5.74, 6) is 0. The van der Waals surface area contributed by atoms with Crippen LogP contribution in [0.15, 0.2) is 5.38 Å². The summed E-state index contributed by atoms with van der Waals surface area (Å²) in [7, 11) is 2.13. The molecule has 0 bridgehead atoms. The maximum atomic E-state index is 13.9. The third-order valence-electron chi connectivity index (χ3n) is 4.54. The first-order valence-electron chi connectivity index (χ1n) is 7.69. The van der Waals surface area contributed by atoms with Gasteiger partial charge in [0.15, 0.2) is 0 Å². The molecular formula is C15H24FN3OS. The van der Waals surface area contributed by atoms with Gasteiger partial charge in [-0.2, -0.15) is 0 Å². The number of likely N-dealkylation sites (tertiary alicyclic amines) is 1. The van der Waals surface area contributed by atoms with E-state index < -0.39 is 6.17 Å². The number of ether oxygens (including phenoxy) is 1. The monoisotopic (exact) mass is 313 g/mol. The highest BCUT2D eigenvalue weighted by Gasteiger charge is 2.34. The van der Waals surface area contributed by atoms with E-state index in [1.807, 2.05) is 6.92 Å². The Morgan fingerprint density at radius 2 is 2.43 bits per heavy atom. The SMILES string of the molecule is Cc1nc(CN2C[C@@H](F)C[C@H]2CN(C)[C@H]2CCOC2)cs1. The van der Waals surface area contributed by atoms with Crippen molar-refractivity contribution in [1.82, 2.24) is 14.8 Å². The van der Waals surface area contributed by atoms with Crippen molar-refractivity contribution in [2.75, 3.05) is 33.4 Å². The maximum Gasteiger partial charge on any atom is 0.114 e. The molecule has 0 N–H and O–H groups in total. The molecule has 0 unspecified atom stereocenters. The smallest absolute Gasteiger partial charge is 0.114 e. The number of aryl methyl sites for hydroxylation is 1. The standard InChI is InChI=1S/C15H24FN3OS/c1-11-17-13(10-21-11)7-19-6-12(16)5-15(19)8-18(2)14-3-4-20-9-14/h10,12,14-15H,3-9H2,1-2H3/t12-,14-,15-/m0/s1. The van der Waals surface area contributed by atoms with Gasteiger partial charge in [-0.15, -0.1) is 11.3 Å². The van der Waals surface area contributed by atoms with Gasteiger partial charge in [-0.1, -0.05) is 0 Å². The molecule has 2 aliphatic rings. The van der Waals surface area contributed by atoms with Crippen molar-refractivity contribution in [2.45, 2.75) is 44.6 Å². The van der Waals surface area contributed by atoms with Crippen LogP contribution in [0.5, 0.6) is 0 Å². The molecule has 3 heterocycles. The second-order valence-electron chi connectivity index (χ2n) is 6.23. The lowest BCUT2D eigenvalue weighted by Crippen LogP contribution is -2.43. The van der Waals surface area contributed by atoms with Gasteiger partial charge in [0.2, 0.25) is 0 Å². The van der Waals surface area contributed by atoms with Gasteiger partial charge in [0.25, 0.3) is 0 Å². The topological polar surface area (TPSA) is 28.6 Å². The van der Waals surface area contributed by atoms with E-state index >= 15 is 0 Å². The molecule has 0 aliphatic carbocycles. The summed E-state index contributed by atoms with van der Waals surface area (Å²) < 4.78 is 19.3. The van der Waals surface area contributed by atoms with Crippen LogP contribution in [0.2, 0.25) is 0 Å². The zero-order valence-electron chi connectivity index (χ0n) is 12.8. The van der Waals surface area contributed by atoms with Crippen LogP contribution >= 0.6 is 11.3 Å². The van der Waals surface area contributed by atoms with Crippen LogP contribution in [0.4, 0.5) is 4.39 Å². The van der Waals surface area contributed by atoms with E-state index in [1.54, 1.807) is 11.3 Å². The highest BCUT2D eigenvalue weighted by Crippen LogP contribution is 2.25. The van der Waals surface area contributed by atoms with Crippen molar-refractivity contribution in [3.05, 3.63) is 16.1 Å². The normalized spacial score (nSPS) is 30.6. The fourth-order valence-corrected chi connectivity index (χ4v) is 3.95. The fraction of sp³-hybridized carbons (Fsp3) is 0.800. The molecule has 2 aliphatic heterocycles. The Hall–Kier alpha value is -0.560. The minimum absolute atomic E-state index is 0.285. The Bertz CT molecular complexity index is 464. The summed E-state index contributed by atoms with van der Waals surface area (Å²) in [4.78, 5) is 9.11.